The maximum atomic E-state index is 12.8. The lowest BCUT2D eigenvalue weighted by atomic mass is 10.1. The van der Waals surface area contributed by atoms with Gasteiger partial charge in [-0.2, -0.15) is 0 Å². The van der Waals surface area contributed by atoms with Crippen LogP contribution in [0.15, 0.2) is 18.2 Å². The number of halogens is 1. The second kappa shape index (κ2) is 3.07. The number of benzene rings is 1. The second-order valence-corrected chi connectivity index (χ2v) is 4.14. The number of nitrogens with zero attached hydrogens (tertiary/aromatic N) is 1. The van der Waals surface area contributed by atoms with Gasteiger partial charge in [0, 0.05) is 12.3 Å². The summed E-state index contributed by atoms with van der Waals surface area (Å²) in [4.78, 5) is 0. The van der Waals surface area contributed by atoms with Crippen LogP contribution < -0.4 is 0 Å². The van der Waals surface area contributed by atoms with Crippen molar-refractivity contribution in [3.8, 4) is 0 Å². The van der Waals surface area contributed by atoms with Gasteiger partial charge >= 0.3 is 0 Å². The van der Waals surface area contributed by atoms with Gasteiger partial charge in [0.2, 0.25) is 0 Å². The van der Waals surface area contributed by atoms with Gasteiger partial charge in [0.05, 0.1) is 0 Å². The molecule has 0 amide bonds. The summed E-state index contributed by atoms with van der Waals surface area (Å²) in [6, 6.07) is 5.04. The molecule has 1 nitrogen and oxygen atoms in total. The fourth-order valence-corrected chi connectivity index (χ4v) is 2.22. The zero-order valence-corrected chi connectivity index (χ0v) is 7.70. The SMILES string of the molecule is CN1Cc2cc(F)ccc2CS1. The number of rotatable bonds is 0. The molecule has 0 aliphatic carbocycles. The van der Waals surface area contributed by atoms with Gasteiger partial charge in [0.15, 0.2) is 0 Å². The molecule has 64 valence electrons. The highest BCUT2D eigenvalue weighted by Crippen LogP contribution is 2.27. The molecular formula is C9H10FNS. The van der Waals surface area contributed by atoms with Crippen molar-refractivity contribution in [3.05, 3.63) is 35.1 Å². The summed E-state index contributed by atoms with van der Waals surface area (Å²) in [6.07, 6.45) is 0. The minimum atomic E-state index is -0.131. The van der Waals surface area contributed by atoms with Crippen molar-refractivity contribution in [2.24, 2.45) is 0 Å². The van der Waals surface area contributed by atoms with E-state index in [0.717, 1.165) is 17.9 Å². The van der Waals surface area contributed by atoms with Crippen molar-refractivity contribution in [1.29, 1.82) is 0 Å². The quantitative estimate of drug-likeness (QED) is 0.568. The van der Waals surface area contributed by atoms with Crippen LogP contribution in [0, 0.1) is 5.82 Å². The van der Waals surface area contributed by atoms with Gasteiger partial charge in [-0.3, -0.25) is 0 Å². The maximum Gasteiger partial charge on any atom is 0.123 e. The average molecular weight is 183 g/mol. The first-order valence-corrected chi connectivity index (χ1v) is 4.81. The summed E-state index contributed by atoms with van der Waals surface area (Å²) in [7, 11) is 2.03. The molecular weight excluding hydrogens is 173 g/mol. The Morgan fingerprint density at radius 2 is 2.25 bits per heavy atom. The summed E-state index contributed by atoms with van der Waals surface area (Å²) >= 11 is 1.78. The largest absolute Gasteiger partial charge is 0.249 e. The molecule has 2 rings (SSSR count). The van der Waals surface area contributed by atoms with Gasteiger partial charge < -0.3 is 0 Å². The van der Waals surface area contributed by atoms with E-state index in [2.05, 4.69) is 4.31 Å². The smallest absolute Gasteiger partial charge is 0.123 e. The molecule has 0 aromatic heterocycles. The fourth-order valence-electron chi connectivity index (χ4n) is 1.35. The molecule has 1 heterocycles. The van der Waals surface area contributed by atoms with E-state index in [1.54, 1.807) is 18.0 Å². The van der Waals surface area contributed by atoms with Crippen LogP contribution in [0.3, 0.4) is 0 Å². The first-order chi connectivity index (χ1) is 5.75. The maximum absolute atomic E-state index is 12.8. The van der Waals surface area contributed by atoms with E-state index >= 15 is 0 Å². The Balaban J connectivity index is 2.37. The Bertz CT molecular complexity index is 301. The van der Waals surface area contributed by atoms with Crippen molar-refractivity contribution in [1.82, 2.24) is 4.31 Å². The van der Waals surface area contributed by atoms with Gasteiger partial charge in [0.1, 0.15) is 5.82 Å². The summed E-state index contributed by atoms with van der Waals surface area (Å²) in [5.41, 5.74) is 2.38. The number of hydrogen-bond donors (Lipinski definition) is 0. The Labute approximate surface area is 75.7 Å². The Morgan fingerprint density at radius 1 is 1.42 bits per heavy atom. The first kappa shape index (κ1) is 8.08. The van der Waals surface area contributed by atoms with Crippen LogP contribution in [0.4, 0.5) is 4.39 Å². The molecule has 1 aromatic carbocycles. The molecule has 1 aliphatic rings. The third kappa shape index (κ3) is 1.47. The monoisotopic (exact) mass is 183 g/mol. The normalized spacial score (nSPS) is 17.5. The van der Waals surface area contributed by atoms with Gasteiger partial charge in [-0.1, -0.05) is 18.0 Å². The van der Waals surface area contributed by atoms with E-state index in [0.29, 0.717) is 0 Å². The Kier molecular flexibility index (Phi) is 2.07. The molecule has 0 spiro atoms. The first-order valence-electron chi connectivity index (χ1n) is 3.87. The minimum Gasteiger partial charge on any atom is -0.249 e. The van der Waals surface area contributed by atoms with Gasteiger partial charge in [-0.05, 0) is 30.3 Å². The molecule has 3 heteroatoms. The number of hydrogen-bond acceptors (Lipinski definition) is 2. The van der Waals surface area contributed by atoms with Crippen LogP contribution in [0.5, 0.6) is 0 Å². The molecule has 0 saturated carbocycles. The third-order valence-corrected chi connectivity index (χ3v) is 3.01. The van der Waals surface area contributed by atoms with E-state index in [-0.39, 0.29) is 5.82 Å². The molecule has 0 N–H and O–H groups in total. The molecule has 0 atom stereocenters. The summed E-state index contributed by atoms with van der Waals surface area (Å²) in [5.74, 6) is 0.834. The van der Waals surface area contributed by atoms with Crippen LogP contribution in [-0.2, 0) is 12.3 Å². The van der Waals surface area contributed by atoms with E-state index in [1.165, 1.54) is 11.6 Å². The summed E-state index contributed by atoms with van der Waals surface area (Å²) < 4.78 is 14.9. The standard InChI is InChI=1S/C9H10FNS/c1-11-5-8-4-9(10)3-2-7(8)6-12-11/h2-4H,5-6H2,1H3. The van der Waals surface area contributed by atoms with Crippen LogP contribution in [-0.4, -0.2) is 11.4 Å². The highest BCUT2D eigenvalue weighted by Gasteiger charge is 2.13. The number of fused-ring (bicyclic) bond motifs is 1. The fraction of sp³-hybridized carbons (Fsp3) is 0.333. The van der Waals surface area contributed by atoms with E-state index in [9.17, 15) is 4.39 Å². The molecule has 0 fully saturated rings. The molecule has 0 bridgehead atoms. The molecule has 1 aromatic rings. The predicted molar refractivity (Wildman–Crippen MR) is 49.2 cm³/mol. The predicted octanol–water partition coefficient (Wildman–Crippen LogP) is 2.42. The lowest BCUT2D eigenvalue weighted by Gasteiger charge is -2.23. The molecule has 0 saturated heterocycles. The molecule has 1 aliphatic heterocycles. The molecule has 0 radical (unpaired) electrons. The zero-order valence-electron chi connectivity index (χ0n) is 6.88. The summed E-state index contributed by atoms with van der Waals surface area (Å²) in [5, 5.41) is 0. The summed E-state index contributed by atoms with van der Waals surface area (Å²) in [6.45, 7) is 0.845. The van der Waals surface area contributed by atoms with Crippen LogP contribution in [0.25, 0.3) is 0 Å². The highest BCUT2D eigenvalue weighted by molar-refractivity contribution is 7.96. The zero-order chi connectivity index (χ0) is 8.55. The van der Waals surface area contributed by atoms with Crippen LogP contribution >= 0.6 is 11.9 Å². The van der Waals surface area contributed by atoms with Crippen molar-refractivity contribution in [2.75, 3.05) is 7.05 Å². The average Bonchev–Trinajstić information content (AvgIpc) is 2.03. The topological polar surface area (TPSA) is 3.24 Å². The lowest BCUT2D eigenvalue weighted by Crippen LogP contribution is -2.15. The van der Waals surface area contributed by atoms with E-state index in [1.807, 2.05) is 13.1 Å². The van der Waals surface area contributed by atoms with Gasteiger partial charge in [-0.15, -0.1) is 0 Å². The second-order valence-electron chi connectivity index (χ2n) is 2.97. The van der Waals surface area contributed by atoms with Crippen molar-refractivity contribution in [2.45, 2.75) is 12.3 Å². The lowest BCUT2D eigenvalue weighted by molar-refractivity contribution is 0.545. The highest BCUT2D eigenvalue weighted by atomic mass is 32.2. The van der Waals surface area contributed by atoms with Crippen molar-refractivity contribution < 1.29 is 4.39 Å². The van der Waals surface area contributed by atoms with Crippen molar-refractivity contribution in [3.63, 3.8) is 0 Å². The Hall–Kier alpha value is -0.540. The molecule has 12 heavy (non-hydrogen) atoms. The van der Waals surface area contributed by atoms with E-state index < -0.39 is 0 Å². The minimum absolute atomic E-state index is 0.131. The van der Waals surface area contributed by atoms with Gasteiger partial charge in [-0.25, -0.2) is 8.70 Å². The third-order valence-electron chi connectivity index (χ3n) is 2.00. The van der Waals surface area contributed by atoms with Crippen LogP contribution in [0.2, 0.25) is 0 Å². The van der Waals surface area contributed by atoms with Crippen molar-refractivity contribution >= 4 is 11.9 Å². The van der Waals surface area contributed by atoms with E-state index in [4.69, 9.17) is 0 Å². The van der Waals surface area contributed by atoms with Gasteiger partial charge in [0.25, 0.3) is 0 Å². The Morgan fingerprint density at radius 3 is 3.08 bits per heavy atom. The molecule has 0 unspecified atom stereocenters. The van der Waals surface area contributed by atoms with Crippen LogP contribution in [0.1, 0.15) is 11.1 Å².